The zero-order valence-corrected chi connectivity index (χ0v) is 16.6. The number of rotatable bonds is 5. The second-order valence-corrected chi connectivity index (χ2v) is 7.03. The lowest BCUT2D eigenvalue weighted by Crippen LogP contribution is -2.24. The van der Waals surface area contributed by atoms with Crippen molar-refractivity contribution < 1.29 is 14.6 Å². The predicted molar refractivity (Wildman–Crippen MR) is 101 cm³/mol. The van der Waals surface area contributed by atoms with Gasteiger partial charge in [0.2, 0.25) is 0 Å². The van der Waals surface area contributed by atoms with Crippen LogP contribution >= 0.6 is 55.1 Å². The molecule has 24 heavy (non-hydrogen) atoms. The summed E-state index contributed by atoms with van der Waals surface area (Å²) < 4.78 is 6.53. The predicted octanol–water partition coefficient (Wildman–Crippen LogP) is 4.75. The molecule has 2 rings (SSSR count). The van der Waals surface area contributed by atoms with Crippen LogP contribution in [0.1, 0.15) is 5.56 Å². The Kier molecular flexibility index (Phi) is 6.91. The second kappa shape index (κ2) is 8.71. The van der Waals surface area contributed by atoms with Crippen molar-refractivity contribution in [2.75, 3.05) is 6.61 Å². The zero-order chi connectivity index (χ0) is 17.7. The van der Waals surface area contributed by atoms with Crippen LogP contribution in [0.5, 0.6) is 11.5 Å². The van der Waals surface area contributed by atoms with Crippen molar-refractivity contribution in [2.24, 2.45) is 5.10 Å². The highest BCUT2D eigenvalue weighted by Crippen LogP contribution is 2.29. The molecule has 0 aromatic heterocycles. The molecule has 1 amide bonds. The molecule has 0 radical (unpaired) electrons. The van der Waals surface area contributed by atoms with E-state index in [0.717, 1.165) is 0 Å². The molecule has 0 aliphatic heterocycles. The maximum absolute atomic E-state index is 11.7. The summed E-state index contributed by atoms with van der Waals surface area (Å²) in [6.45, 7) is -0.258. The summed E-state index contributed by atoms with van der Waals surface area (Å²) in [6.07, 6.45) is 1.39. The van der Waals surface area contributed by atoms with E-state index < -0.39 is 5.91 Å². The number of hydrazone groups is 1. The summed E-state index contributed by atoms with van der Waals surface area (Å²) in [5, 5.41) is 14.2. The molecular weight excluding hydrogens is 487 g/mol. The van der Waals surface area contributed by atoms with Crippen molar-refractivity contribution in [1.29, 1.82) is 0 Å². The molecule has 126 valence electrons. The molecule has 0 saturated carbocycles. The van der Waals surface area contributed by atoms with Crippen molar-refractivity contribution in [2.45, 2.75) is 0 Å². The molecule has 0 bridgehead atoms. The van der Waals surface area contributed by atoms with Crippen LogP contribution < -0.4 is 10.2 Å². The molecule has 0 spiro atoms. The van der Waals surface area contributed by atoms with E-state index in [2.05, 4.69) is 42.4 Å². The molecule has 2 aromatic carbocycles. The lowest BCUT2D eigenvalue weighted by Gasteiger charge is -2.07. The van der Waals surface area contributed by atoms with Gasteiger partial charge in [-0.2, -0.15) is 5.10 Å². The summed E-state index contributed by atoms with van der Waals surface area (Å²) in [4.78, 5) is 11.7. The van der Waals surface area contributed by atoms with Crippen molar-refractivity contribution >= 4 is 67.2 Å². The zero-order valence-electron chi connectivity index (χ0n) is 11.9. The number of carbonyl (C=O) groups excluding carboxylic acids is 1. The summed E-state index contributed by atoms with van der Waals surface area (Å²) >= 11 is 18.2. The number of nitrogens with zero attached hydrogens (tertiary/aromatic N) is 1. The molecule has 5 nitrogen and oxygen atoms in total. The van der Waals surface area contributed by atoms with Gasteiger partial charge in [0, 0.05) is 15.1 Å². The first-order chi connectivity index (χ1) is 11.4. The number of benzene rings is 2. The number of carbonyl (C=O) groups is 1. The molecule has 0 saturated heterocycles. The van der Waals surface area contributed by atoms with E-state index >= 15 is 0 Å². The number of nitrogens with one attached hydrogen (secondary N) is 1. The van der Waals surface area contributed by atoms with Crippen LogP contribution in [0.25, 0.3) is 0 Å². The Morgan fingerprint density at radius 2 is 2.00 bits per heavy atom. The highest BCUT2D eigenvalue weighted by molar-refractivity contribution is 9.11. The Morgan fingerprint density at radius 1 is 1.25 bits per heavy atom. The van der Waals surface area contributed by atoms with E-state index in [0.29, 0.717) is 30.3 Å². The van der Waals surface area contributed by atoms with Crippen molar-refractivity contribution in [3.63, 3.8) is 0 Å². The van der Waals surface area contributed by atoms with Gasteiger partial charge in [0.25, 0.3) is 5.91 Å². The maximum Gasteiger partial charge on any atom is 0.277 e. The molecule has 0 aliphatic carbocycles. The summed E-state index contributed by atoms with van der Waals surface area (Å²) in [5.74, 6) is -0.0535. The van der Waals surface area contributed by atoms with E-state index in [4.69, 9.17) is 27.9 Å². The fraction of sp³-hybridized carbons (Fsp3) is 0.0667. The Morgan fingerprint density at radius 3 is 2.71 bits per heavy atom. The average molecular weight is 497 g/mol. The van der Waals surface area contributed by atoms with E-state index in [1.165, 1.54) is 18.3 Å². The number of hydrogen-bond acceptors (Lipinski definition) is 4. The van der Waals surface area contributed by atoms with Crippen LogP contribution in [0.3, 0.4) is 0 Å². The van der Waals surface area contributed by atoms with Gasteiger partial charge in [-0.15, -0.1) is 0 Å². The van der Waals surface area contributed by atoms with Gasteiger partial charge in [0.1, 0.15) is 11.5 Å². The molecule has 0 unspecified atom stereocenters. The minimum absolute atomic E-state index is 0.0618. The monoisotopic (exact) mass is 494 g/mol. The fourth-order valence-electron chi connectivity index (χ4n) is 1.59. The van der Waals surface area contributed by atoms with Crippen molar-refractivity contribution in [3.8, 4) is 11.5 Å². The lowest BCUT2D eigenvalue weighted by molar-refractivity contribution is -0.123. The van der Waals surface area contributed by atoms with Crippen LogP contribution in [0.2, 0.25) is 10.0 Å². The van der Waals surface area contributed by atoms with E-state index in [-0.39, 0.29) is 12.4 Å². The van der Waals surface area contributed by atoms with Gasteiger partial charge < -0.3 is 9.84 Å². The van der Waals surface area contributed by atoms with Crippen molar-refractivity contribution in [1.82, 2.24) is 5.43 Å². The van der Waals surface area contributed by atoms with Crippen LogP contribution in [0, 0.1) is 0 Å². The minimum Gasteiger partial charge on any atom is -0.507 e. The average Bonchev–Trinajstić information content (AvgIpc) is 2.51. The molecule has 0 fully saturated rings. The first-order valence-electron chi connectivity index (χ1n) is 6.44. The number of amides is 1. The standard InChI is InChI=1S/C15H10Br2Cl2N2O3/c16-10-5-11(17)13(22)3-8(10)6-20-21-15(23)7-24-14-2-1-9(18)4-12(14)19/h1-6,22H,7H2,(H,21,23). The Labute approximate surface area is 164 Å². The molecule has 2 aromatic rings. The smallest absolute Gasteiger partial charge is 0.277 e. The van der Waals surface area contributed by atoms with Gasteiger partial charge in [-0.05, 0) is 46.3 Å². The van der Waals surface area contributed by atoms with Crippen LogP contribution in [0.15, 0.2) is 44.4 Å². The second-order valence-electron chi connectivity index (χ2n) is 4.48. The van der Waals surface area contributed by atoms with Gasteiger partial charge in [0.15, 0.2) is 6.61 Å². The number of halogens is 4. The lowest BCUT2D eigenvalue weighted by atomic mass is 10.2. The SMILES string of the molecule is O=C(COc1ccc(Cl)cc1Cl)NN=Cc1cc(O)c(Br)cc1Br. The van der Waals surface area contributed by atoms with E-state index in [1.807, 2.05) is 0 Å². The topological polar surface area (TPSA) is 70.9 Å². The largest absolute Gasteiger partial charge is 0.507 e. The van der Waals surface area contributed by atoms with Gasteiger partial charge in [-0.3, -0.25) is 4.79 Å². The summed E-state index contributed by atoms with van der Waals surface area (Å²) in [7, 11) is 0. The first kappa shape index (κ1) is 19.1. The Balaban J connectivity index is 1.90. The molecule has 9 heteroatoms. The summed E-state index contributed by atoms with van der Waals surface area (Å²) in [6, 6.07) is 7.86. The highest BCUT2D eigenvalue weighted by atomic mass is 79.9. The van der Waals surface area contributed by atoms with Crippen LogP contribution in [-0.4, -0.2) is 23.8 Å². The molecule has 0 aliphatic rings. The number of aromatic hydroxyl groups is 1. The van der Waals surface area contributed by atoms with Crippen LogP contribution in [-0.2, 0) is 4.79 Å². The van der Waals surface area contributed by atoms with Crippen molar-refractivity contribution in [3.05, 3.63) is 54.9 Å². The number of hydrogen-bond donors (Lipinski definition) is 2. The van der Waals surface area contributed by atoms with Gasteiger partial charge in [-0.1, -0.05) is 39.1 Å². The summed E-state index contributed by atoms with van der Waals surface area (Å²) in [5.41, 5.74) is 2.91. The highest BCUT2D eigenvalue weighted by Gasteiger charge is 2.07. The number of phenolic OH excluding ortho intramolecular Hbond substituents is 1. The normalized spacial score (nSPS) is 10.8. The third-order valence-corrected chi connectivity index (χ3v) is 4.56. The number of phenols is 1. The Bertz CT molecular complexity index is 801. The first-order valence-corrected chi connectivity index (χ1v) is 8.79. The van der Waals surface area contributed by atoms with Gasteiger partial charge >= 0.3 is 0 Å². The Hall–Kier alpha value is -1.28. The fourth-order valence-corrected chi connectivity index (χ4v) is 3.15. The number of ether oxygens (including phenoxy) is 1. The third kappa shape index (κ3) is 5.37. The molecular formula is C15H10Br2Cl2N2O3. The molecule has 0 heterocycles. The van der Waals surface area contributed by atoms with E-state index in [9.17, 15) is 9.90 Å². The van der Waals surface area contributed by atoms with Gasteiger partial charge in [-0.25, -0.2) is 5.43 Å². The van der Waals surface area contributed by atoms with Crippen LogP contribution in [0.4, 0.5) is 0 Å². The maximum atomic E-state index is 11.7. The van der Waals surface area contributed by atoms with E-state index in [1.54, 1.807) is 18.2 Å². The molecule has 0 atom stereocenters. The quantitative estimate of drug-likeness (QED) is 0.463. The van der Waals surface area contributed by atoms with Gasteiger partial charge in [0.05, 0.1) is 15.7 Å². The minimum atomic E-state index is -0.463. The third-order valence-electron chi connectivity index (χ3n) is 2.71. The molecule has 2 N–H and O–H groups in total.